The molecule has 0 saturated carbocycles. The van der Waals surface area contributed by atoms with Crippen LogP contribution in [-0.2, 0) is 0 Å². The van der Waals surface area contributed by atoms with Crippen molar-refractivity contribution < 1.29 is 0 Å². The molecule has 0 saturated heterocycles. The van der Waals surface area contributed by atoms with Crippen LogP contribution in [0.25, 0.3) is 105 Å². The summed E-state index contributed by atoms with van der Waals surface area (Å²) in [6, 6.07) is 75.5. The van der Waals surface area contributed by atoms with Gasteiger partial charge in [0.15, 0.2) is 0 Å². The molecule has 0 amide bonds. The number of rotatable bonds is 6. The predicted molar refractivity (Wildman–Crippen MR) is 239 cm³/mol. The zero-order valence-corrected chi connectivity index (χ0v) is 31.0. The van der Waals surface area contributed by atoms with Crippen LogP contribution in [0, 0.1) is 0 Å². The number of benzene rings is 8. The molecule has 0 N–H and O–H groups in total. The van der Waals surface area contributed by atoms with Gasteiger partial charge in [-0.1, -0.05) is 176 Å². The average Bonchev–Trinajstić information content (AvgIpc) is 3.65. The Kier molecular flexibility index (Phi) is 7.82. The third kappa shape index (κ3) is 5.68. The van der Waals surface area contributed by atoms with Gasteiger partial charge in [0.2, 0.25) is 0 Å². The first-order valence-corrected chi connectivity index (χ1v) is 19.4. The molecule has 0 fully saturated rings. The van der Waals surface area contributed by atoms with E-state index in [0.29, 0.717) is 0 Å². The summed E-state index contributed by atoms with van der Waals surface area (Å²) in [5.41, 5.74) is 15.1. The second-order valence-electron chi connectivity index (χ2n) is 14.6. The molecule has 11 aromatic rings. The van der Waals surface area contributed by atoms with Gasteiger partial charge in [-0.05, 0) is 69.4 Å². The maximum Gasteiger partial charge on any atom is 0.0956 e. The minimum Gasteiger partial charge on any atom is -0.307 e. The van der Waals surface area contributed by atoms with E-state index in [4.69, 9.17) is 9.97 Å². The number of hydrogen-bond acceptors (Lipinski definition) is 2. The highest BCUT2D eigenvalue weighted by Crippen LogP contribution is 2.42. The molecule has 0 spiro atoms. The molecule has 0 radical (unpaired) electrons. The fourth-order valence-corrected chi connectivity index (χ4v) is 8.46. The number of hydrogen-bond donors (Lipinski definition) is 0. The van der Waals surface area contributed by atoms with Crippen molar-refractivity contribution in [1.29, 1.82) is 0 Å². The van der Waals surface area contributed by atoms with Crippen molar-refractivity contribution >= 4 is 43.5 Å². The van der Waals surface area contributed by atoms with Gasteiger partial charge in [-0.15, -0.1) is 0 Å². The first-order valence-electron chi connectivity index (χ1n) is 19.4. The molecule has 3 nitrogen and oxygen atoms in total. The molecule has 266 valence electrons. The van der Waals surface area contributed by atoms with Crippen molar-refractivity contribution in [3.63, 3.8) is 0 Å². The maximum atomic E-state index is 5.42. The largest absolute Gasteiger partial charge is 0.307 e. The molecular weight excluding hydrogens is 691 g/mol. The molecule has 0 aliphatic rings. The summed E-state index contributed by atoms with van der Waals surface area (Å²) < 4.78 is 2.39. The lowest BCUT2D eigenvalue weighted by atomic mass is 9.96. The lowest BCUT2D eigenvalue weighted by molar-refractivity contribution is 1.17. The SMILES string of the molecule is c1ccc(-c2cc(-c3ccccc3)nc(-c3ccc(-n4c5ccccc5c5c6ccccc6nc(-c6ccc(-c7cccc8ccccc78)cc6)c54)cc3)c2)cc1. The molecule has 3 aromatic heterocycles. The fourth-order valence-electron chi connectivity index (χ4n) is 8.46. The molecule has 3 heterocycles. The highest BCUT2D eigenvalue weighted by Gasteiger charge is 2.21. The van der Waals surface area contributed by atoms with Crippen LogP contribution in [0.1, 0.15) is 0 Å². The van der Waals surface area contributed by atoms with Gasteiger partial charge in [0.05, 0.1) is 33.6 Å². The molecule has 0 aliphatic carbocycles. The van der Waals surface area contributed by atoms with Gasteiger partial charge in [-0.3, -0.25) is 0 Å². The molecule has 11 rings (SSSR count). The van der Waals surface area contributed by atoms with Crippen LogP contribution in [-0.4, -0.2) is 14.5 Å². The second-order valence-corrected chi connectivity index (χ2v) is 14.6. The summed E-state index contributed by atoms with van der Waals surface area (Å²) >= 11 is 0. The first kappa shape index (κ1) is 32.8. The summed E-state index contributed by atoms with van der Waals surface area (Å²) in [6.45, 7) is 0. The molecule has 8 aromatic carbocycles. The number of pyridine rings is 2. The summed E-state index contributed by atoms with van der Waals surface area (Å²) in [7, 11) is 0. The normalized spacial score (nSPS) is 11.5. The molecule has 0 bridgehead atoms. The molecular formula is C54H35N3. The van der Waals surface area contributed by atoms with E-state index in [9.17, 15) is 0 Å². The molecule has 0 unspecified atom stereocenters. The van der Waals surface area contributed by atoms with E-state index >= 15 is 0 Å². The fraction of sp³-hybridized carbons (Fsp3) is 0. The van der Waals surface area contributed by atoms with Gasteiger partial charge in [-0.25, -0.2) is 9.97 Å². The number of fused-ring (bicyclic) bond motifs is 6. The maximum absolute atomic E-state index is 5.42. The Morgan fingerprint density at radius 2 is 0.912 bits per heavy atom. The van der Waals surface area contributed by atoms with Gasteiger partial charge < -0.3 is 4.57 Å². The monoisotopic (exact) mass is 725 g/mol. The van der Waals surface area contributed by atoms with E-state index in [1.54, 1.807) is 0 Å². The Morgan fingerprint density at radius 1 is 0.351 bits per heavy atom. The molecule has 57 heavy (non-hydrogen) atoms. The van der Waals surface area contributed by atoms with Crippen LogP contribution < -0.4 is 0 Å². The third-order valence-electron chi connectivity index (χ3n) is 11.2. The zero-order valence-electron chi connectivity index (χ0n) is 31.0. The quantitative estimate of drug-likeness (QED) is 0.171. The van der Waals surface area contributed by atoms with Gasteiger partial charge in [0, 0.05) is 38.5 Å². The lowest BCUT2D eigenvalue weighted by Gasteiger charge is -2.14. The third-order valence-corrected chi connectivity index (χ3v) is 11.2. The van der Waals surface area contributed by atoms with Crippen molar-refractivity contribution in [1.82, 2.24) is 14.5 Å². The topological polar surface area (TPSA) is 30.7 Å². The van der Waals surface area contributed by atoms with Crippen molar-refractivity contribution in [2.45, 2.75) is 0 Å². The van der Waals surface area contributed by atoms with E-state index in [-0.39, 0.29) is 0 Å². The van der Waals surface area contributed by atoms with Crippen LogP contribution in [0.15, 0.2) is 212 Å². The van der Waals surface area contributed by atoms with Crippen molar-refractivity contribution in [2.24, 2.45) is 0 Å². The standard InChI is InChI=1S/C54H35N3/c1-3-14-36(15-4-1)42-34-49(39-17-5-2-6-18-39)55-50(35-42)40-30-32-43(33-31-40)57-51-25-12-10-22-47(51)52-46-21-9-11-24-48(46)56-53(54(52)57)41-28-26-38(27-29-41)45-23-13-19-37-16-7-8-20-44(37)45/h1-35H. The Bertz CT molecular complexity index is 3190. The predicted octanol–water partition coefficient (Wildman–Crippen LogP) is 14.2. The Labute approximate surface area is 330 Å². The summed E-state index contributed by atoms with van der Waals surface area (Å²) in [5, 5.41) is 6.04. The van der Waals surface area contributed by atoms with Gasteiger partial charge in [0.25, 0.3) is 0 Å². The first-order chi connectivity index (χ1) is 28.3. The molecule has 3 heteroatoms. The van der Waals surface area contributed by atoms with Gasteiger partial charge >= 0.3 is 0 Å². The van der Waals surface area contributed by atoms with Crippen molar-refractivity contribution in [2.75, 3.05) is 0 Å². The van der Waals surface area contributed by atoms with Crippen LogP contribution in [0.2, 0.25) is 0 Å². The summed E-state index contributed by atoms with van der Waals surface area (Å²) in [5.74, 6) is 0. The Balaban J connectivity index is 1.09. The van der Waals surface area contributed by atoms with Crippen LogP contribution in [0.3, 0.4) is 0 Å². The van der Waals surface area contributed by atoms with Crippen LogP contribution >= 0.6 is 0 Å². The zero-order chi connectivity index (χ0) is 37.7. The number of para-hydroxylation sites is 2. The van der Waals surface area contributed by atoms with Crippen LogP contribution in [0.4, 0.5) is 0 Å². The van der Waals surface area contributed by atoms with E-state index in [2.05, 4.69) is 211 Å². The van der Waals surface area contributed by atoms with E-state index in [1.807, 2.05) is 6.07 Å². The minimum absolute atomic E-state index is 0.934. The summed E-state index contributed by atoms with van der Waals surface area (Å²) in [6.07, 6.45) is 0. The van der Waals surface area contributed by atoms with E-state index in [1.165, 1.54) is 32.7 Å². The highest BCUT2D eigenvalue weighted by molar-refractivity contribution is 6.23. The second kappa shape index (κ2) is 13.6. The van der Waals surface area contributed by atoms with Gasteiger partial charge in [0.1, 0.15) is 0 Å². The Hall–Kier alpha value is -7.62. The lowest BCUT2D eigenvalue weighted by Crippen LogP contribution is -1.98. The average molecular weight is 726 g/mol. The summed E-state index contributed by atoms with van der Waals surface area (Å²) in [4.78, 5) is 10.6. The molecule has 0 atom stereocenters. The smallest absolute Gasteiger partial charge is 0.0956 e. The number of nitrogens with zero attached hydrogens (tertiary/aromatic N) is 3. The highest BCUT2D eigenvalue weighted by atomic mass is 15.0. The Morgan fingerprint density at radius 3 is 1.67 bits per heavy atom. The number of aromatic nitrogens is 3. The van der Waals surface area contributed by atoms with E-state index in [0.717, 1.165) is 72.5 Å². The minimum atomic E-state index is 0.934. The van der Waals surface area contributed by atoms with Crippen LogP contribution in [0.5, 0.6) is 0 Å². The van der Waals surface area contributed by atoms with Crippen molar-refractivity contribution in [3.05, 3.63) is 212 Å². The molecule has 0 aliphatic heterocycles. The van der Waals surface area contributed by atoms with Crippen molar-refractivity contribution in [3.8, 4) is 61.7 Å². The van der Waals surface area contributed by atoms with E-state index < -0.39 is 0 Å². The van der Waals surface area contributed by atoms with Gasteiger partial charge in [-0.2, -0.15) is 0 Å².